The predicted molar refractivity (Wildman–Crippen MR) is 258 cm³/mol. The number of hydrogen-bond donors (Lipinski definition) is 3. The van der Waals surface area contributed by atoms with Gasteiger partial charge in [0.25, 0.3) is 11.8 Å². The molecule has 3 N–H and O–H groups in total. The number of carbonyl (C=O) groups excluding carboxylic acids is 4. The third-order valence-electron chi connectivity index (χ3n) is 14.4. The number of hydrogen-bond acceptors (Lipinski definition) is 12. The summed E-state index contributed by atoms with van der Waals surface area (Å²) < 4.78 is 44.3. The molecule has 17 nitrogen and oxygen atoms in total. The minimum absolute atomic E-state index is 0.0307. The van der Waals surface area contributed by atoms with Crippen LogP contribution in [0.25, 0.3) is 21.8 Å². The van der Waals surface area contributed by atoms with E-state index in [-0.39, 0.29) is 49.2 Å². The first-order valence-electron chi connectivity index (χ1n) is 23.6. The summed E-state index contributed by atoms with van der Waals surface area (Å²) in [5.41, 5.74) is 6.60. The Balaban J connectivity index is 0.858. The van der Waals surface area contributed by atoms with E-state index in [4.69, 9.17) is 9.47 Å². The Hall–Kier alpha value is -7.18. The number of imide groups is 2. The maximum absolute atomic E-state index is 14.6. The van der Waals surface area contributed by atoms with E-state index in [0.717, 1.165) is 64.8 Å². The number of anilines is 1. The van der Waals surface area contributed by atoms with Crippen molar-refractivity contribution in [3.63, 3.8) is 0 Å². The summed E-state index contributed by atoms with van der Waals surface area (Å²) in [6.07, 6.45) is 3.61. The standard InChI is InChI=1S/C52H53N7O10S/c1-28-11-12-32(39(25-47(61)62)34-21-41-49(44(23-34)68-4)57(3)56-55-41)19-35(28)27-58-26-29(2)69-43-22-31(14-17-45(43)70(58,66)67)30-7-5-9-36(15-13-30)53-37-20-33-8-6-10-38-48(33)40(24-37)52(65)59(51(38)64)42-16-18-46(60)54-50(42)63/h6,8,10-12,14,17,19-24,29-30,36,39,42,53H,5,7,9,13,15-16,18,25-27H2,1-4H3,(H,61,62)(H,54,60,63)/t29-,30?,36?,39+,42?/m1/s1. The van der Waals surface area contributed by atoms with Gasteiger partial charge in [0, 0.05) is 48.6 Å². The van der Waals surface area contributed by atoms with Crippen LogP contribution in [-0.2, 0) is 38.0 Å². The first kappa shape index (κ1) is 46.5. The van der Waals surface area contributed by atoms with Gasteiger partial charge in [0.2, 0.25) is 21.8 Å². The molecule has 0 bridgehead atoms. The van der Waals surface area contributed by atoms with Crippen LogP contribution in [0.2, 0.25) is 0 Å². The highest BCUT2D eigenvalue weighted by molar-refractivity contribution is 7.89. The zero-order valence-corrected chi connectivity index (χ0v) is 40.0. The predicted octanol–water partition coefficient (Wildman–Crippen LogP) is 6.95. The van der Waals surface area contributed by atoms with Crippen molar-refractivity contribution in [2.75, 3.05) is 19.0 Å². The van der Waals surface area contributed by atoms with Crippen LogP contribution >= 0.6 is 0 Å². The molecule has 10 rings (SSSR count). The highest BCUT2D eigenvalue weighted by Gasteiger charge is 2.43. The lowest BCUT2D eigenvalue weighted by Gasteiger charge is -2.34. The van der Waals surface area contributed by atoms with Crippen LogP contribution in [0.4, 0.5) is 5.69 Å². The van der Waals surface area contributed by atoms with Gasteiger partial charge in [-0.2, -0.15) is 4.31 Å². The third kappa shape index (κ3) is 8.52. The second kappa shape index (κ2) is 18.3. The lowest BCUT2D eigenvalue weighted by Crippen LogP contribution is -2.57. The van der Waals surface area contributed by atoms with E-state index in [1.807, 2.05) is 62.4 Å². The van der Waals surface area contributed by atoms with E-state index in [1.54, 1.807) is 49.2 Å². The number of piperidine rings is 1. The lowest BCUT2D eigenvalue weighted by atomic mass is 9.86. The number of nitrogens with one attached hydrogen (secondary N) is 2. The average molecular weight is 968 g/mol. The van der Waals surface area contributed by atoms with E-state index in [1.165, 1.54) is 4.31 Å². The van der Waals surface area contributed by atoms with Crippen LogP contribution < -0.4 is 20.1 Å². The summed E-state index contributed by atoms with van der Waals surface area (Å²) in [6, 6.07) is 22.7. The number of rotatable bonds is 11. The molecule has 0 radical (unpaired) electrons. The van der Waals surface area contributed by atoms with Crippen molar-refractivity contribution in [2.24, 2.45) is 7.05 Å². The SMILES string of the molecule is COc1cc([C@@H](CC(=O)O)c2ccc(C)c(CN3C[C@@H](C)Oc4cc(C5CCCC(Nc6cc7c8c(cccc8c6)C(=O)N(C6CCC(=O)NC6=O)C7=O)CC5)ccc4S3(=O)=O)c2)cc2nnn(C)c12. The second-order valence-electron chi connectivity index (χ2n) is 19.0. The molecule has 1 aliphatic carbocycles. The van der Waals surface area contributed by atoms with Crippen molar-refractivity contribution in [3.05, 3.63) is 118 Å². The zero-order valence-electron chi connectivity index (χ0n) is 39.2. The summed E-state index contributed by atoms with van der Waals surface area (Å²) in [5.74, 6) is -2.85. The van der Waals surface area contributed by atoms with E-state index < -0.39 is 57.7 Å². The summed E-state index contributed by atoms with van der Waals surface area (Å²) >= 11 is 0. The van der Waals surface area contributed by atoms with Gasteiger partial charge in [-0.1, -0.05) is 48.0 Å². The number of carboxylic acids is 1. The molecule has 6 aromatic rings. The number of methoxy groups -OCH3 is 1. The van der Waals surface area contributed by atoms with Crippen molar-refractivity contribution in [1.29, 1.82) is 0 Å². The molecule has 1 saturated carbocycles. The Morgan fingerprint density at radius 1 is 0.943 bits per heavy atom. The Bertz CT molecular complexity index is 3280. The van der Waals surface area contributed by atoms with Crippen LogP contribution in [0, 0.1) is 6.92 Å². The molecule has 4 heterocycles. The summed E-state index contributed by atoms with van der Waals surface area (Å²) in [4.78, 5) is 65.8. The van der Waals surface area contributed by atoms with Crippen LogP contribution in [-0.4, -0.2) is 99.2 Å². The van der Waals surface area contributed by atoms with Crippen LogP contribution in [0.5, 0.6) is 11.5 Å². The van der Waals surface area contributed by atoms with Gasteiger partial charge in [-0.3, -0.25) is 34.2 Å². The number of fused-ring (bicyclic) bond motifs is 2. The highest BCUT2D eigenvalue weighted by Crippen LogP contribution is 2.41. The molecule has 70 heavy (non-hydrogen) atoms. The first-order valence-corrected chi connectivity index (χ1v) is 25.1. The Morgan fingerprint density at radius 3 is 2.54 bits per heavy atom. The second-order valence-corrected chi connectivity index (χ2v) is 20.9. The molecule has 362 valence electrons. The Labute approximate surface area is 404 Å². The quantitative estimate of drug-likeness (QED) is 0.0886. The molecular weight excluding hydrogens is 915 g/mol. The molecule has 1 saturated heterocycles. The topological polar surface area (TPSA) is 219 Å². The summed E-state index contributed by atoms with van der Waals surface area (Å²) in [6.45, 7) is 3.91. The number of carbonyl (C=O) groups is 5. The first-order chi connectivity index (χ1) is 33.6. The van der Waals surface area contributed by atoms with Gasteiger partial charge in [-0.25, -0.2) is 13.1 Å². The molecule has 0 spiro atoms. The number of aryl methyl sites for hydroxylation is 2. The van der Waals surface area contributed by atoms with Gasteiger partial charge in [0.05, 0.1) is 25.6 Å². The van der Waals surface area contributed by atoms with E-state index in [9.17, 15) is 37.5 Å². The molecule has 5 atom stereocenters. The maximum Gasteiger partial charge on any atom is 0.304 e. The minimum atomic E-state index is -4.05. The molecule has 3 unspecified atom stereocenters. The fourth-order valence-corrected chi connectivity index (χ4v) is 12.4. The smallest absolute Gasteiger partial charge is 0.304 e. The van der Waals surface area contributed by atoms with E-state index in [0.29, 0.717) is 50.2 Å². The number of sulfonamides is 1. The molecule has 4 amide bonds. The molecule has 4 aliphatic rings. The van der Waals surface area contributed by atoms with Crippen molar-refractivity contribution in [3.8, 4) is 11.5 Å². The van der Waals surface area contributed by atoms with Crippen LogP contribution in [0.3, 0.4) is 0 Å². The van der Waals surface area contributed by atoms with E-state index >= 15 is 0 Å². The Kier molecular flexibility index (Phi) is 12.2. The number of amides is 4. The lowest BCUT2D eigenvalue weighted by molar-refractivity contribution is -0.138. The number of aromatic nitrogens is 3. The van der Waals surface area contributed by atoms with Crippen molar-refractivity contribution in [1.82, 2.24) is 29.5 Å². The highest BCUT2D eigenvalue weighted by atomic mass is 32.2. The van der Waals surface area contributed by atoms with Gasteiger partial charge >= 0.3 is 5.97 Å². The van der Waals surface area contributed by atoms with Crippen LogP contribution in [0.1, 0.15) is 119 Å². The molecular formula is C52H53N7O10S. The van der Waals surface area contributed by atoms with Gasteiger partial charge in [-0.05, 0) is 128 Å². The molecule has 3 aliphatic heterocycles. The largest absolute Gasteiger partial charge is 0.494 e. The number of benzene rings is 5. The number of carboxylic acid groups (broad SMARTS) is 1. The molecule has 1 aromatic heterocycles. The van der Waals surface area contributed by atoms with Crippen molar-refractivity contribution in [2.45, 2.75) is 107 Å². The van der Waals surface area contributed by atoms with Gasteiger partial charge in [-0.15, -0.1) is 5.10 Å². The van der Waals surface area contributed by atoms with Gasteiger partial charge < -0.3 is 19.9 Å². The minimum Gasteiger partial charge on any atom is -0.494 e. The monoisotopic (exact) mass is 967 g/mol. The summed E-state index contributed by atoms with van der Waals surface area (Å²) in [7, 11) is -0.755. The normalized spacial score (nSPS) is 21.9. The van der Waals surface area contributed by atoms with E-state index in [2.05, 4.69) is 20.9 Å². The average Bonchev–Trinajstić information content (AvgIpc) is 3.49. The molecule has 18 heteroatoms. The molecule has 2 fully saturated rings. The van der Waals surface area contributed by atoms with Crippen molar-refractivity contribution >= 4 is 67.1 Å². The van der Waals surface area contributed by atoms with Crippen molar-refractivity contribution < 1.29 is 47.0 Å². The molecule has 5 aromatic carbocycles. The number of aliphatic carboxylic acids is 1. The zero-order chi connectivity index (χ0) is 49.2. The number of ether oxygens (including phenoxy) is 2. The van der Waals surface area contributed by atoms with Crippen LogP contribution in [0.15, 0.2) is 83.8 Å². The summed E-state index contributed by atoms with van der Waals surface area (Å²) in [5, 5.41) is 25.6. The number of nitrogens with zero attached hydrogens (tertiary/aromatic N) is 5. The Morgan fingerprint density at radius 2 is 1.76 bits per heavy atom. The third-order valence-corrected chi connectivity index (χ3v) is 16.2. The fourth-order valence-electron chi connectivity index (χ4n) is 10.9. The van der Waals surface area contributed by atoms with Gasteiger partial charge in [0.1, 0.15) is 39.6 Å². The maximum atomic E-state index is 14.6. The van der Waals surface area contributed by atoms with Gasteiger partial charge in [0.15, 0.2) is 0 Å². The fraction of sp³-hybridized carbons (Fsp3) is 0.365.